The Hall–Kier alpha value is -0.565. The average molecular weight is 224 g/mol. The van der Waals surface area contributed by atoms with E-state index >= 15 is 0 Å². The van der Waals surface area contributed by atoms with Gasteiger partial charge in [0.2, 0.25) is 0 Å². The monoisotopic (exact) mass is 224 g/mol. The standard InChI is InChI=1S/C11H21BN2O2/c1-8(9(7-13)14-6)12-15-10(2,3)11(4,5)16-12/h8-9,14H,1-6H3/t8-,9?/m0/s1. The third-order valence-electron chi connectivity index (χ3n) is 3.68. The third kappa shape index (κ3) is 2.24. The second-order valence-electron chi connectivity index (χ2n) is 5.38. The topological polar surface area (TPSA) is 54.3 Å². The van der Waals surface area contributed by atoms with Crippen LogP contribution in [-0.4, -0.2) is 31.4 Å². The van der Waals surface area contributed by atoms with Crippen molar-refractivity contribution in [1.82, 2.24) is 5.32 Å². The molecule has 0 amide bonds. The highest BCUT2D eigenvalue weighted by atomic mass is 16.7. The highest BCUT2D eigenvalue weighted by Gasteiger charge is 2.53. The van der Waals surface area contributed by atoms with E-state index in [1.807, 2.05) is 34.6 Å². The van der Waals surface area contributed by atoms with Crippen molar-refractivity contribution >= 4 is 7.12 Å². The smallest absolute Gasteiger partial charge is 0.403 e. The molecule has 2 atom stereocenters. The molecule has 1 heterocycles. The molecule has 0 bridgehead atoms. The molecule has 1 unspecified atom stereocenters. The Morgan fingerprint density at radius 1 is 1.19 bits per heavy atom. The predicted octanol–water partition coefficient (Wildman–Crippen LogP) is 1.58. The van der Waals surface area contributed by atoms with Crippen LogP contribution in [0.3, 0.4) is 0 Å². The lowest BCUT2D eigenvalue weighted by atomic mass is 9.69. The molecular formula is C11H21BN2O2. The van der Waals surface area contributed by atoms with Crippen molar-refractivity contribution in [3.8, 4) is 6.07 Å². The first-order chi connectivity index (χ1) is 7.25. The van der Waals surface area contributed by atoms with Crippen molar-refractivity contribution < 1.29 is 9.31 Å². The van der Waals surface area contributed by atoms with Crippen LogP contribution < -0.4 is 5.32 Å². The Morgan fingerprint density at radius 3 is 1.94 bits per heavy atom. The molecule has 0 spiro atoms. The van der Waals surface area contributed by atoms with Gasteiger partial charge < -0.3 is 14.6 Å². The summed E-state index contributed by atoms with van der Waals surface area (Å²) in [6, 6.07) is 1.96. The molecule has 0 saturated carbocycles. The maximum atomic E-state index is 8.99. The zero-order valence-electron chi connectivity index (χ0n) is 11.0. The van der Waals surface area contributed by atoms with Gasteiger partial charge in [0.05, 0.1) is 23.3 Å². The van der Waals surface area contributed by atoms with E-state index in [0.717, 1.165) is 0 Å². The van der Waals surface area contributed by atoms with Crippen LogP contribution in [0.4, 0.5) is 0 Å². The Morgan fingerprint density at radius 2 is 1.62 bits per heavy atom. The van der Waals surface area contributed by atoms with E-state index in [1.54, 1.807) is 7.05 Å². The fraction of sp³-hybridized carbons (Fsp3) is 0.909. The van der Waals surface area contributed by atoms with Crippen LogP contribution >= 0.6 is 0 Å². The lowest BCUT2D eigenvalue weighted by Crippen LogP contribution is -2.41. The molecule has 1 rings (SSSR count). The molecule has 1 saturated heterocycles. The lowest BCUT2D eigenvalue weighted by Gasteiger charge is -2.32. The van der Waals surface area contributed by atoms with Gasteiger partial charge in [-0.15, -0.1) is 0 Å². The molecule has 4 nitrogen and oxygen atoms in total. The molecule has 1 N–H and O–H groups in total. The van der Waals surface area contributed by atoms with E-state index in [4.69, 9.17) is 14.6 Å². The summed E-state index contributed by atoms with van der Waals surface area (Å²) in [5.41, 5.74) is -0.667. The maximum absolute atomic E-state index is 8.99. The number of nitrogens with zero attached hydrogens (tertiary/aromatic N) is 1. The van der Waals surface area contributed by atoms with Crippen molar-refractivity contribution in [2.24, 2.45) is 0 Å². The van der Waals surface area contributed by atoms with Crippen LogP contribution in [-0.2, 0) is 9.31 Å². The van der Waals surface area contributed by atoms with Crippen molar-refractivity contribution in [3.05, 3.63) is 0 Å². The van der Waals surface area contributed by atoms with Gasteiger partial charge in [-0.1, -0.05) is 6.92 Å². The average Bonchev–Trinajstić information content (AvgIpc) is 2.38. The number of hydrogen-bond donors (Lipinski definition) is 1. The maximum Gasteiger partial charge on any atom is 0.463 e. The van der Waals surface area contributed by atoms with Crippen LogP contribution in [0.2, 0.25) is 5.82 Å². The number of nitriles is 1. The Labute approximate surface area is 98.4 Å². The summed E-state index contributed by atoms with van der Waals surface area (Å²) in [6.45, 7) is 10.0. The number of hydrogen-bond acceptors (Lipinski definition) is 4. The van der Waals surface area contributed by atoms with Crippen molar-refractivity contribution in [2.75, 3.05) is 7.05 Å². The van der Waals surface area contributed by atoms with Gasteiger partial charge >= 0.3 is 7.12 Å². The molecular weight excluding hydrogens is 203 g/mol. The fourth-order valence-electron chi connectivity index (χ4n) is 1.71. The van der Waals surface area contributed by atoms with Crippen LogP contribution in [0.15, 0.2) is 0 Å². The van der Waals surface area contributed by atoms with E-state index in [9.17, 15) is 0 Å². The summed E-state index contributed by atoms with van der Waals surface area (Å²) < 4.78 is 11.8. The van der Waals surface area contributed by atoms with Crippen molar-refractivity contribution in [2.45, 2.75) is 57.7 Å². The van der Waals surface area contributed by atoms with Gasteiger partial charge in [-0.05, 0) is 34.7 Å². The first kappa shape index (κ1) is 13.5. The summed E-state index contributed by atoms with van der Waals surface area (Å²) in [5, 5.41) is 12.0. The zero-order chi connectivity index (χ0) is 12.6. The minimum Gasteiger partial charge on any atom is -0.403 e. The van der Waals surface area contributed by atoms with E-state index in [0.29, 0.717) is 0 Å². The predicted molar refractivity (Wildman–Crippen MR) is 64.0 cm³/mol. The second kappa shape index (κ2) is 4.36. The Kier molecular flexibility index (Phi) is 3.68. The van der Waals surface area contributed by atoms with Crippen molar-refractivity contribution in [3.63, 3.8) is 0 Å². The minimum absolute atomic E-state index is 0.00366. The Balaban J connectivity index is 2.77. The van der Waals surface area contributed by atoms with E-state index in [1.165, 1.54) is 0 Å². The molecule has 1 aliphatic rings. The molecule has 0 radical (unpaired) electrons. The van der Waals surface area contributed by atoms with Gasteiger partial charge in [0, 0.05) is 5.82 Å². The molecule has 5 heteroatoms. The highest BCUT2D eigenvalue weighted by Crippen LogP contribution is 2.40. The van der Waals surface area contributed by atoms with E-state index < -0.39 is 0 Å². The van der Waals surface area contributed by atoms with Gasteiger partial charge in [-0.2, -0.15) is 5.26 Å². The third-order valence-corrected chi connectivity index (χ3v) is 3.68. The van der Waals surface area contributed by atoms with Gasteiger partial charge in [-0.25, -0.2) is 0 Å². The summed E-state index contributed by atoms with van der Waals surface area (Å²) in [5.74, 6) is -0.00366. The molecule has 0 aliphatic carbocycles. The SMILES string of the molecule is CNC(C#N)[C@H](C)B1OC(C)(C)C(C)(C)O1. The zero-order valence-corrected chi connectivity index (χ0v) is 11.0. The molecule has 16 heavy (non-hydrogen) atoms. The quantitative estimate of drug-likeness (QED) is 0.739. The molecule has 90 valence electrons. The van der Waals surface area contributed by atoms with E-state index in [-0.39, 0.29) is 30.2 Å². The first-order valence-electron chi connectivity index (χ1n) is 5.67. The molecule has 1 fully saturated rings. The molecule has 0 aromatic rings. The van der Waals surface area contributed by atoms with Crippen LogP contribution in [0.5, 0.6) is 0 Å². The molecule has 0 aromatic heterocycles. The van der Waals surface area contributed by atoms with Gasteiger partial charge in [-0.3, -0.25) is 0 Å². The number of nitrogens with one attached hydrogen (secondary N) is 1. The number of rotatable bonds is 3. The summed E-state index contributed by atoms with van der Waals surface area (Å²) in [4.78, 5) is 0. The normalized spacial score (nSPS) is 26.2. The van der Waals surface area contributed by atoms with Gasteiger partial charge in [0.1, 0.15) is 0 Å². The van der Waals surface area contributed by atoms with Crippen LogP contribution in [0, 0.1) is 11.3 Å². The first-order valence-corrected chi connectivity index (χ1v) is 5.67. The van der Waals surface area contributed by atoms with Gasteiger partial charge in [0.15, 0.2) is 0 Å². The largest absolute Gasteiger partial charge is 0.463 e. The summed E-state index contributed by atoms with van der Waals surface area (Å²) in [7, 11) is 1.44. The molecule has 1 aliphatic heterocycles. The Bertz CT molecular complexity index is 283. The summed E-state index contributed by atoms with van der Waals surface area (Å²) in [6.07, 6.45) is 0. The van der Waals surface area contributed by atoms with Crippen LogP contribution in [0.25, 0.3) is 0 Å². The van der Waals surface area contributed by atoms with E-state index in [2.05, 4.69) is 11.4 Å². The van der Waals surface area contributed by atoms with Crippen LogP contribution in [0.1, 0.15) is 34.6 Å². The van der Waals surface area contributed by atoms with Gasteiger partial charge in [0.25, 0.3) is 0 Å². The van der Waals surface area contributed by atoms with Crippen molar-refractivity contribution in [1.29, 1.82) is 5.26 Å². The summed E-state index contributed by atoms with van der Waals surface area (Å²) >= 11 is 0. The lowest BCUT2D eigenvalue weighted by molar-refractivity contribution is 0.00578. The second-order valence-corrected chi connectivity index (χ2v) is 5.38. The minimum atomic E-state index is -0.334. The fourth-order valence-corrected chi connectivity index (χ4v) is 1.71. The highest BCUT2D eigenvalue weighted by molar-refractivity contribution is 6.47. The molecule has 0 aromatic carbocycles.